The molecule has 0 aliphatic heterocycles. The van der Waals surface area contributed by atoms with Crippen molar-refractivity contribution in [1.29, 1.82) is 0 Å². The Morgan fingerprint density at radius 3 is 1.67 bits per heavy atom. The molecule has 0 bridgehead atoms. The Morgan fingerprint density at radius 1 is 0.792 bits per heavy atom. The minimum Gasteiger partial charge on any atom is -0.391 e. The van der Waals surface area contributed by atoms with E-state index in [1.807, 2.05) is 60.7 Å². The lowest BCUT2D eigenvalue weighted by molar-refractivity contribution is -0.903. The zero-order chi connectivity index (χ0) is 17.2. The van der Waals surface area contributed by atoms with Gasteiger partial charge in [-0.25, -0.2) is 0 Å². The fourth-order valence-electron chi connectivity index (χ4n) is 2.83. The Hall–Kier alpha value is -1.92. The summed E-state index contributed by atoms with van der Waals surface area (Å²) in [5.41, 5.74) is 2.04. The fourth-order valence-corrected chi connectivity index (χ4v) is 2.83. The highest BCUT2D eigenvalue weighted by Gasteiger charge is 2.19. The van der Waals surface area contributed by atoms with Crippen molar-refractivity contribution in [1.82, 2.24) is 0 Å². The van der Waals surface area contributed by atoms with E-state index in [0.717, 1.165) is 16.3 Å². The SMILES string of the molecule is OCC[NH+](CCO)CC(O)CN(c1ccccc1)c1ccccc1. The van der Waals surface area contributed by atoms with Crippen LogP contribution in [0.2, 0.25) is 0 Å². The molecule has 0 aliphatic rings. The van der Waals surface area contributed by atoms with Gasteiger partial charge in [0.1, 0.15) is 25.7 Å². The topological polar surface area (TPSA) is 68.4 Å². The largest absolute Gasteiger partial charge is 0.391 e. The summed E-state index contributed by atoms with van der Waals surface area (Å²) in [4.78, 5) is 3.08. The number of nitrogens with one attached hydrogen (secondary N) is 1. The second kappa shape index (κ2) is 10.1. The van der Waals surface area contributed by atoms with Crippen molar-refractivity contribution in [3.8, 4) is 0 Å². The number of anilines is 2. The average Bonchev–Trinajstić information content (AvgIpc) is 2.61. The molecule has 1 unspecified atom stereocenters. The van der Waals surface area contributed by atoms with E-state index >= 15 is 0 Å². The molecule has 5 nitrogen and oxygen atoms in total. The van der Waals surface area contributed by atoms with Crippen LogP contribution < -0.4 is 9.80 Å². The zero-order valence-corrected chi connectivity index (χ0v) is 13.9. The van der Waals surface area contributed by atoms with E-state index in [1.165, 1.54) is 0 Å². The van der Waals surface area contributed by atoms with Gasteiger partial charge in [-0.3, -0.25) is 0 Å². The molecule has 0 aliphatic carbocycles. The van der Waals surface area contributed by atoms with E-state index < -0.39 is 6.10 Å². The van der Waals surface area contributed by atoms with E-state index in [2.05, 4.69) is 4.90 Å². The van der Waals surface area contributed by atoms with Crippen LogP contribution >= 0.6 is 0 Å². The molecule has 0 spiro atoms. The third-order valence-corrected chi connectivity index (χ3v) is 3.98. The highest BCUT2D eigenvalue weighted by molar-refractivity contribution is 5.62. The summed E-state index contributed by atoms with van der Waals surface area (Å²) in [6.07, 6.45) is -0.571. The number of aliphatic hydroxyl groups excluding tert-OH is 3. The number of quaternary nitrogens is 1. The standard InChI is InChI=1S/C19H26N2O3/c22-13-11-20(12-14-23)15-19(24)16-21(17-7-3-1-4-8-17)18-9-5-2-6-10-18/h1-10,19,22-24H,11-16H2/p+1. The molecule has 0 aromatic heterocycles. The molecule has 130 valence electrons. The first-order valence-corrected chi connectivity index (χ1v) is 8.35. The predicted octanol–water partition coefficient (Wildman–Crippen LogP) is 0.0551. The predicted molar refractivity (Wildman–Crippen MR) is 95.6 cm³/mol. The Morgan fingerprint density at radius 2 is 1.25 bits per heavy atom. The van der Waals surface area contributed by atoms with Crippen molar-refractivity contribution in [3.63, 3.8) is 0 Å². The van der Waals surface area contributed by atoms with E-state index in [9.17, 15) is 5.11 Å². The molecule has 0 fully saturated rings. The highest BCUT2D eigenvalue weighted by atomic mass is 16.3. The first-order valence-electron chi connectivity index (χ1n) is 8.35. The lowest BCUT2D eigenvalue weighted by Crippen LogP contribution is -3.14. The number of nitrogens with zero attached hydrogens (tertiary/aromatic N) is 1. The third-order valence-electron chi connectivity index (χ3n) is 3.98. The smallest absolute Gasteiger partial charge is 0.121 e. The van der Waals surface area contributed by atoms with Crippen LogP contribution in [-0.2, 0) is 0 Å². The van der Waals surface area contributed by atoms with Gasteiger partial charge < -0.3 is 25.1 Å². The van der Waals surface area contributed by atoms with Crippen molar-refractivity contribution in [3.05, 3.63) is 60.7 Å². The Labute approximate surface area is 143 Å². The van der Waals surface area contributed by atoms with Crippen LogP contribution in [-0.4, -0.2) is 60.8 Å². The number of rotatable bonds is 10. The Kier molecular flexibility index (Phi) is 7.71. The van der Waals surface area contributed by atoms with Crippen molar-refractivity contribution < 1.29 is 20.2 Å². The minimum atomic E-state index is -0.571. The highest BCUT2D eigenvalue weighted by Crippen LogP contribution is 2.24. The lowest BCUT2D eigenvalue weighted by atomic mass is 10.2. The molecule has 2 aromatic rings. The van der Waals surface area contributed by atoms with E-state index in [1.54, 1.807) is 0 Å². The van der Waals surface area contributed by atoms with Crippen molar-refractivity contribution >= 4 is 11.4 Å². The molecular weight excluding hydrogens is 304 g/mol. The Bertz CT molecular complexity index is 520. The van der Waals surface area contributed by atoms with E-state index in [-0.39, 0.29) is 13.2 Å². The summed E-state index contributed by atoms with van der Waals surface area (Å²) < 4.78 is 0. The molecule has 0 saturated heterocycles. The maximum Gasteiger partial charge on any atom is 0.121 e. The van der Waals surface area contributed by atoms with Gasteiger partial charge in [0.25, 0.3) is 0 Å². The second-order valence-corrected chi connectivity index (χ2v) is 5.84. The van der Waals surface area contributed by atoms with Gasteiger partial charge in [-0.2, -0.15) is 0 Å². The zero-order valence-electron chi connectivity index (χ0n) is 13.9. The normalized spacial score (nSPS) is 12.3. The number of hydrogen-bond acceptors (Lipinski definition) is 4. The summed E-state index contributed by atoms with van der Waals surface area (Å²) in [5, 5.41) is 28.8. The minimum absolute atomic E-state index is 0.0448. The number of para-hydroxylation sites is 2. The van der Waals surface area contributed by atoms with E-state index in [0.29, 0.717) is 26.2 Å². The van der Waals surface area contributed by atoms with Gasteiger partial charge in [-0.15, -0.1) is 0 Å². The summed E-state index contributed by atoms with van der Waals surface area (Å²) in [6, 6.07) is 19.9. The molecule has 0 saturated carbocycles. The average molecular weight is 331 g/mol. The number of benzene rings is 2. The summed E-state index contributed by atoms with van der Waals surface area (Å²) >= 11 is 0. The fraction of sp³-hybridized carbons (Fsp3) is 0.368. The molecule has 0 radical (unpaired) electrons. The molecular formula is C19H27N2O3+. The molecule has 1 atom stereocenters. The van der Waals surface area contributed by atoms with Gasteiger partial charge >= 0.3 is 0 Å². The molecule has 2 rings (SSSR count). The summed E-state index contributed by atoms with van der Waals surface area (Å²) in [6.45, 7) is 2.07. The van der Waals surface area contributed by atoms with Gasteiger partial charge in [0, 0.05) is 11.4 Å². The molecule has 5 heteroatoms. The van der Waals surface area contributed by atoms with Crippen LogP contribution in [0.15, 0.2) is 60.7 Å². The van der Waals surface area contributed by atoms with Crippen molar-refractivity contribution in [2.24, 2.45) is 0 Å². The van der Waals surface area contributed by atoms with Gasteiger partial charge in [0.05, 0.1) is 19.8 Å². The van der Waals surface area contributed by atoms with Crippen LogP contribution in [0.1, 0.15) is 0 Å². The van der Waals surface area contributed by atoms with Crippen LogP contribution in [0.4, 0.5) is 11.4 Å². The number of aliphatic hydroxyl groups is 3. The maximum absolute atomic E-state index is 10.5. The van der Waals surface area contributed by atoms with Crippen LogP contribution in [0.3, 0.4) is 0 Å². The number of hydrogen-bond donors (Lipinski definition) is 4. The van der Waals surface area contributed by atoms with Crippen molar-refractivity contribution in [2.75, 3.05) is 44.3 Å². The molecule has 24 heavy (non-hydrogen) atoms. The molecule has 2 aromatic carbocycles. The lowest BCUT2D eigenvalue weighted by Gasteiger charge is -2.29. The van der Waals surface area contributed by atoms with Crippen molar-refractivity contribution in [2.45, 2.75) is 6.10 Å². The monoisotopic (exact) mass is 331 g/mol. The molecule has 4 N–H and O–H groups in total. The van der Waals surface area contributed by atoms with Gasteiger partial charge in [0.15, 0.2) is 0 Å². The van der Waals surface area contributed by atoms with Crippen LogP contribution in [0.5, 0.6) is 0 Å². The first kappa shape index (κ1) is 18.4. The first-order chi connectivity index (χ1) is 11.7. The van der Waals surface area contributed by atoms with Crippen LogP contribution in [0.25, 0.3) is 0 Å². The maximum atomic E-state index is 10.5. The quantitative estimate of drug-likeness (QED) is 0.497. The second-order valence-electron chi connectivity index (χ2n) is 5.84. The van der Waals surface area contributed by atoms with E-state index in [4.69, 9.17) is 10.2 Å². The molecule has 0 heterocycles. The van der Waals surface area contributed by atoms with Gasteiger partial charge in [0.2, 0.25) is 0 Å². The summed E-state index contributed by atoms with van der Waals surface area (Å²) in [5.74, 6) is 0. The van der Waals surface area contributed by atoms with Gasteiger partial charge in [-0.05, 0) is 24.3 Å². The third kappa shape index (κ3) is 5.62. The molecule has 0 amide bonds. The van der Waals surface area contributed by atoms with Crippen LogP contribution in [0, 0.1) is 0 Å². The summed E-state index contributed by atoms with van der Waals surface area (Å²) in [7, 11) is 0. The Balaban J connectivity index is 2.10. The van der Waals surface area contributed by atoms with Gasteiger partial charge in [-0.1, -0.05) is 36.4 Å².